The van der Waals surface area contributed by atoms with E-state index in [4.69, 9.17) is 16.3 Å². The molecule has 0 aliphatic carbocycles. The predicted molar refractivity (Wildman–Crippen MR) is 55.5 cm³/mol. The molecule has 66 valence electrons. The van der Waals surface area contributed by atoms with Gasteiger partial charge < -0.3 is 4.74 Å². The van der Waals surface area contributed by atoms with E-state index >= 15 is 0 Å². The molecular weight excluding hydrogens is 239 g/mol. The van der Waals surface area contributed by atoms with Crippen LogP contribution >= 0.6 is 27.5 Å². The fourth-order valence-electron chi connectivity index (χ4n) is 0.969. The Morgan fingerprint density at radius 3 is 2.83 bits per heavy atom. The fourth-order valence-corrected chi connectivity index (χ4v) is 1.62. The van der Waals surface area contributed by atoms with Crippen LogP contribution in [0.1, 0.15) is 5.56 Å². The number of ether oxygens (including phenoxy) is 1. The van der Waals surface area contributed by atoms with Crippen molar-refractivity contribution in [3.8, 4) is 5.75 Å². The Morgan fingerprint density at radius 1 is 1.50 bits per heavy atom. The molecule has 12 heavy (non-hydrogen) atoms. The lowest BCUT2D eigenvalue weighted by Gasteiger charge is -2.04. The molecule has 0 radical (unpaired) electrons. The summed E-state index contributed by atoms with van der Waals surface area (Å²) in [5, 5.41) is 1.62. The van der Waals surface area contributed by atoms with Crippen molar-refractivity contribution in [2.45, 2.75) is 6.42 Å². The Labute approximate surface area is 85.8 Å². The van der Waals surface area contributed by atoms with Crippen LogP contribution in [0.2, 0.25) is 5.02 Å². The van der Waals surface area contributed by atoms with E-state index in [1.165, 1.54) is 5.56 Å². The van der Waals surface area contributed by atoms with Crippen molar-refractivity contribution < 1.29 is 4.74 Å². The first-order valence-electron chi connectivity index (χ1n) is 3.66. The quantitative estimate of drug-likeness (QED) is 0.747. The van der Waals surface area contributed by atoms with Gasteiger partial charge in [-0.15, -0.1) is 0 Å². The summed E-state index contributed by atoms with van der Waals surface area (Å²) < 4.78 is 5.08. The van der Waals surface area contributed by atoms with Gasteiger partial charge in [-0.05, 0) is 24.1 Å². The molecule has 0 aliphatic rings. The van der Waals surface area contributed by atoms with Gasteiger partial charge in [0.25, 0.3) is 0 Å². The first kappa shape index (κ1) is 9.87. The smallest absolute Gasteiger partial charge is 0.137 e. The molecule has 0 unspecified atom stereocenters. The van der Waals surface area contributed by atoms with E-state index in [1.54, 1.807) is 7.11 Å². The van der Waals surface area contributed by atoms with E-state index in [1.807, 2.05) is 18.2 Å². The van der Waals surface area contributed by atoms with Gasteiger partial charge in [0.05, 0.1) is 12.1 Å². The maximum Gasteiger partial charge on any atom is 0.137 e. The van der Waals surface area contributed by atoms with Crippen LogP contribution in [-0.2, 0) is 6.42 Å². The molecule has 1 rings (SSSR count). The minimum absolute atomic E-state index is 0.663. The minimum Gasteiger partial charge on any atom is -0.495 e. The highest BCUT2D eigenvalue weighted by molar-refractivity contribution is 9.09. The van der Waals surface area contributed by atoms with E-state index in [9.17, 15) is 0 Å². The van der Waals surface area contributed by atoms with Crippen LogP contribution < -0.4 is 4.74 Å². The van der Waals surface area contributed by atoms with Crippen molar-refractivity contribution in [3.05, 3.63) is 28.8 Å². The van der Waals surface area contributed by atoms with Gasteiger partial charge in [0.1, 0.15) is 5.75 Å². The number of alkyl halides is 1. The lowest BCUT2D eigenvalue weighted by Crippen LogP contribution is -1.89. The van der Waals surface area contributed by atoms with Crippen LogP contribution in [-0.4, -0.2) is 12.4 Å². The van der Waals surface area contributed by atoms with Gasteiger partial charge >= 0.3 is 0 Å². The number of aryl methyl sites for hydroxylation is 1. The van der Waals surface area contributed by atoms with Crippen LogP contribution in [0.15, 0.2) is 18.2 Å². The SMILES string of the molecule is COc1cc(CCBr)ccc1Cl. The normalized spacial score (nSPS) is 9.92. The van der Waals surface area contributed by atoms with Crippen molar-refractivity contribution in [2.75, 3.05) is 12.4 Å². The molecule has 1 aromatic rings. The average Bonchev–Trinajstić information content (AvgIpc) is 2.09. The summed E-state index contributed by atoms with van der Waals surface area (Å²) in [6, 6.07) is 5.83. The standard InChI is InChI=1S/C9H10BrClO/c1-12-9-6-7(4-5-10)2-3-8(9)11/h2-3,6H,4-5H2,1H3. The zero-order valence-corrected chi connectivity index (χ0v) is 9.15. The number of hydrogen-bond donors (Lipinski definition) is 0. The molecule has 0 heterocycles. The highest BCUT2D eigenvalue weighted by atomic mass is 79.9. The van der Waals surface area contributed by atoms with Crippen LogP contribution in [0.3, 0.4) is 0 Å². The van der Waals surface area contributed by atoms with E-state index in [0.29, 0.717) is 5.02 Å². The van der Waals surface area contributed by atoms with Crippen LogP contribution in [0.4, 0.5) is 0 Å². The van der Waals surface area contributed by atoms with Crippen LogP contribution in [0.25, 0.3) is 0 Å². The minimum atomic E-state index is 0.663. The third-order valence-corrected chi connectivity index (χ3v) is 2.31. The van der Waals surface area contributed by atoms with Gasteiger partial charge in [0.2, 0.25) is 0 Å². The summed E-state index contributed by atoms with van der Waals surface area (Å²) in [5.74, 6) is 0.745. The second kappa shape index (κ2) is 4.73. The molecule has 3 heteroatoms. The second-order valence-electron chi connectivity index (χ2n) is 2.41. The molecule has 0 spiro atoms. The molecule has 0 atom stereocenters. The first-order chi connectivity index (χ1) is 5.77. The molecule has 0 fully saturated rings. The van der Waals surface area contributed by atoms with E-state index in [0.717, 1.165) is 17.5 Å². The third kappa shape index (κ3) is 2.39. The fraction of sp³-hybridized carbons (Fsp3) is 0.333. The molecule has 0 saturated carbocycles. The summed E-state index contributed by atoms with van der Waals surface area (Å²) in [6.07, 6.45) is 0.994. The van der Waals surface area contributed by atoms with Gasteiger partial charge in [-0.1, -0.05) is 33.6 Å². The highest BCUT2D eigenvalue weighted by Crippen LogP contribution is 2.25. The molecule has 0 aliphatic heterocycles. The molecule has 0 aromatic heterocycles. The molecule has 1 aromatic carbocycles. The number of methoxy groups -OCH3 is 1. The van der Waals surface area contributed by atoms with E-state index in [-0.39, 0.29) is 0 Å². The van der Waals surface area contributed by atoms with Crippen molar-refractivity contribution in [3.63, 3.8) is 0 Å². The van der Waals surface area contributed by atoms with Crippen molar-refractivity contribution in [1.29, 1.82) is 0 Å². The van der Waals surface area contributed by atoms with E-state index in [2.05, 4.69) is 15.9 Å². The predicted octanol–water partition coefficient (Wildman–Crippen LogP) is 3.29. The second-order valence-corrected chi connectivity index (χ2v) is 3.61. The van der Waals surface area contributed by atoms with Gasteiger partial charge in [-0.25, -0.2) is 0 Å². The highest BCUT2D eigenvalue weighted by Gasteiger charge is 2.00. The van der Waals surface area contributed by atoms with Gasteiger partial charge in [-0.2, -0.15) is 0 Å². The zero-order chi connectivity index (χ0) is 8.97. The number of rotatable bonds is 3. The number of halogens is 2. The maximum absolute atomic E-state index is 5.86. The summed E-state index contributed by atoms with van der Waals surface area (Å²) in [5.41, 5.74) is 1.23. The summed E-state index contributed by atoms with van der Waals surface area (Å²) >= 11 is 9.24. The van der Waals surface area contributed by atoms with E-state index < -0.39 is 0 Å². The van der Waals surface area contributed by atoms with Crippen molar-refractivity contribution in [1.82, 2.24) is 0 Å². The lowest BCUT2D eigenvalue weighted by atomic mass is 10.2. The van der Waals surface area contributed by atoms with Gasteiger partial charge in [-0.3, -0.25) is 0 Å². The van der Waals surface area contributed by atoms with Gasteiger partial charge in [0.15, 0.2) is 0 Å². The summed E-state index contributed by atoms with van der Waals surface area (Å²) in [6.45, 7) is 0. The largest absolute Gasteiger partial charge is 0.495 e. The first-order valence-corrected chi connectivity index (χ1v) is 5.16. The topological polar surface area (TPSA) is 9.23 Å². The lowest BCUT2D eigenvalue weighted by molar-refractivity contribution is 0.414. The number of benzene rings is 1. The molecule has 0 bridgehead atoms. The average molecular weight is 250 g/mol. The monoisotopic (exact) mass is 248 g/mol. The Kier molecular flexibility index (Phi) is 3.89. The molecule has 0 amide bonds. The van der Waals surface area contributed by atoms with Crippen LogP contribution in [0, 0.1) is 0 Å². The maximum atomic E-state index is 5.86. The zero-order valence-electron chi connectivity index (χ0n) is 6.81. The van der Waals surface area contributed by atoms with Gasteiger partial charge in [0, 0.05) is 5.33 Å². The van der Waals surface area contributed by atoms with Crippen LogP contribution in [0.5, 0.6) is 5.75 Å². The van der Waals surface area contributed by atoms with Crippen molar-refractivity contribution >= 4 is 27.5 Å². The Morgan fingerprint density at radius 2 is 2.25 bits per heavy atom. The molecule has 0 saturated heterocycles. The number of hydrogen-bond acceptors (Lipinski definition) is 1. The van der Waals surface area contributed by atoms with Crippen molar-refractivity contribution in [2.24, 2.45) is 0 Å². The molecular formula is C9H10BrClO. The molecule has 1 nitrogen and oxygen atoms in total. The Balaban J connectivity index is 2.89. The summed E-state index contributed by atoms with van der Waals surface area (Å²) in [4.78, 5) is 0. The Bertz CT molecular complexity index is 263. The Hall–Kier alpha value is -0.210. The molecule has 0 N–H and O–H groups in total. The summed E-state index contributed by atoms with van der Waals surface area (Å²) in [7, 11) is 1.62. The third-order valence-electron chi connectivity index (χ3n) is 1.60.